The van der Waals surface area contributed by atoms with E-state index < -0.39 is 0 Å². The Labute approximate surface area is 145 Å². The normalized spacial score (nSPS) is 10.4. The lowest BCUT2D eigenvalue weighted by molar-refractivity contribution is -0.115. The Bertz CT molecular complexity index is 659. The number of para-hydroxylation sites is 2. The first kappa shape index (κ1) is 17.3. The molecule has 0 spiro atoms. The van der Waals surface area contributed by atoms with Crippen LogP contribution in [0, 0.1) is 0 Å². The van der Waals surface area contributed by atoms with Gasteiger partial charge in [0.25, 0.3) is 0 Å². The summed E-state index contributed by atoms with van der Waals surface area (Å²) in [6.45, 7) is 4.52. The summed E-state index contributed by atoms with van der Waals surface area (Å²) in [5, 5.41) is 6.13. The first-order chi connectivity index (χ1) is 11.0. The molecule has 1 amide bonds. The van der Waals surface area contributed by atoms with Gasteiger partial charge in [-0.3, -0.25) is 4.79 Å². The fourth-order valence-electron chi connectivity index (χ4n) is 2.07. The number of nitrogens with one attached hydrogen (secondary N) is 2. The smallest absolute Gasteiger partial charge is 0.226 e. The summed E-state index contributed by atoms with van der Waals surface area (Å²) in [5.74, 6) is 0.771. The van der Waals surface area contributed by atoms with E-state index in [1.54, 1.807) is 0 Å². The molecule has 0 aliphatic rings. The van der Waals surface area contributed by atoms with Crippen LogP contribution >= 0.6 is 15.9 Å². The van der Waals surface area contributed by atoms with Crippen LogP contribution in [0.2, 0.25) is 0 Å². The number of ether oxygens (including phenoxy) is 1. The van der Waals surface area contributed by atoms with Crippen LogP contribution in [0.25, 0.3) is 0 Å². The summed E-state index contributed by atoms with van der Waals surface area (Å²) in [6.07, 6.45) is 0.487. The molecule has 122 valence electrons. The summed E-state index contributed by atoms with van der Waals surface area (Å²) in [4.78, 5) is 12.0. The molecule has 4 nitrogen and oxygen atoms in total. The molecule has 0 radical (unpaired) electrons. The Morgan fingerprint density at radius 3 is 2.70 bits per heavy atom. The molecule has 0 aliphatic heterocycles. The molecule has 0 aromatic heterocycles. The van der Waals surface area contributed by atoms with Crippen molar-refractivity contribution in [3.8, 4) is 5.75 Å². The minimum absolute atomic E-state index is 0.0298. The average Bonchev–Trinajstić information content (AvgIpc) is 2.48. The fraction of sp³-hybridized carbons (Fsp3) is 0.278. The third kappa shape index (κ3) is 5.94. The van der Waals surface area contributed by atoms with E-state index in [1.807, 2.05) is 62.4 Å². The molecule has 0 unspecified atom stereocenters. The largest absolute Gasteiger partial charge is 0.489 e. The van der Waals surface area contributed by atoms with Crippen LogP contribution in [0.3, 0.4) is 0 Å². The van der Waals surface area contributed by atoms with E-state index in [0.29, 0.717) is 13.0 Å². The minimum Gasteiger partial charge on any atom is -0.489 e. The van der Waals surface area contributed by atoms with Gasteiger partial charge in [0.05, 0.1) is 11.8 Å². The Hall–Kier alpha value is -2.01. The van der Waals surface area contributed by atoms with Crippen LogP contribution in [0.15, 0.2) is 53.0 Å². The van der Waals surface area contributed by atoms with Crippen molar-refractivity contribution in [3.63, 3.8) is 0 Å². The molecule has 23 heavy (non-hydrogen) atoms. The molecule has 0 aliphatic carbocycles. The molecule has 0 fully saturated rings. The molecular formula is C18H21BrN2O2. The van der Waals surface area contributed by atoms with E-state index in [4.69, 9.17) is 4.74 Å². The van der Waals surface area contributed by atoms with Crippen molar-refractivity contribution in [1.82, 2.24) is 0 Å². The monoisotopic (exact) mass is 376 g/mol. The quantitative estimate of drug-likeness (QED) is 0.737. The van der Waals surface area contributed by atoms with Crippen LogP contribution in [-0.4, -0.2) is 18.6 Å². The molecule has 0 heterocycles. The van der Waals surface area contributed by atoms with Crippen molar-refractivity contribution in [2.24, 2.45) is 0 Å². The highest BCUT2D eigenvalue weighted by atomic mass is 79.9. The molecular weight excluding hydrogens is 356 g/mol. The van der Waals surface area contributed by atoms with Gasteiger partial charge in [0.2, 0.25) is 5.91 Å². The number of benzene rings is 2. The molecule has 0 bridgehead atoms. The predicted octanol–water partition coefficient (Wildman–Crippen LogP) is 4.68. The molecule has 2 aromatic carbocycles. The lowest BCUT2D eigenvalue weighted by Gasteiger charge is -2.15. The predicted molar refractivity (Wildman–Crippen MR) is 98.1 cm³/mol. The van der Waals surface area contributed by atoms with Crippen LogP contribution < -0.4 is 15.4 Å². The first-order valence-electron chi connectivity index (χ1n) is 7.59. The van der Waals surface area contributed by atoms with Gasteiger partial charge in [-0.25, -0.2) is 0 Å². The zero-order valence-electron chi connectivity index (χ0n) is 13.3. The van der Waals surface area contributed by atoms with Crippen molar-refractivity contribution < 1.29 is 9.53 Å². The topological polar surface area (TPSA) is 50.4 Å². The van der Waals surface area contributed by atoms with E-state index in [9.17, 15) is 4.79 Å². The van der Waals surface area contributed by atoms with Gasteiger partial charge in [0, 0.05) is 23.1 Å². The highest BCUT2D eigenvalue weighted by molar-refractivity contribution is 9.10. The number of rotatable bonds is 7. The van der Waals surface area contributed by atoms with Crippen LogP contribution in [0.1, 0.15) is 20.3 Å². The van der Waals surface area contributed by atoms with Crippen LogP contribution in [0.5, 0.6) is 5.75 Å². The van der Waals surface area contributed by atoms with Crippen LogP contribution in [-0.2, 0) is 4.79 Å². The Kier molecular flexibility index (Phi) is 6.47. The number of hydrogen-bond acceptors (Lipinski definition) is 3. The van der Waals surface area contributed by atoms with Gasteiger partial charge in [-0.1, -0.05) is 34.1 Å². The van der Waals surface area contributed by atoms with E-state index in [0.717, 1.165) is 21.6 Å². The van der Waals surface area contributed by atoms with E-state index in [1.165, 1.54) is 0 Å². The third-order valence-corrected chi connectivity index (χ3v) is 3.52. The average molecular weight is 377 g/mol. The lowest BCUT2D eigenvalue weighted by atomic mass is 10.2. The molecule has 2 N–H and O–H groups in total. The Morgan fingerprint density at radius 2 is 1.96 bits per heavy atom. The van der Waals surface area contributed by atoms with Crippen molar-refractivity contribution in [1.29, 1.82) is 0 Å². The maximum atomic E-state index is 12.0. The van der Waals surface area contributed by atoms with Gasteiger partial charge in [-0.2, -0.15) is 0 Å². The molecule has 5 heteroatoms. The maximum Gasteiger partial charge on any atom is 0.226 e. The van der Waals surface area contributed by atoms with Crippen molar-refractivity contribution >= 4 is 33.2 Å². The summed E-state index contributed by atoms with van der Waals surface area (Å²) >= 11 is 3.39. The number of amides is 1. The Balaban J connectivity index is 1.84. The van der Waals surface area contributed by atoms with Gasteiger partial charge in [-0.05, 0) is 44.2 Å². The number of carbonyl (C=O) groups excluding carboxylic acids is 1. The number of hydrogen-bond donors (Lipinski definition) is 2. The lowest BCUT2D eigenvalue weighted by Crippen LogP contribution is -2.16. The number of halogens is 1. The zero-order chi connectivity index (χ0) is 16.7. The molecule has 0 saturated heterocycles. The highest BCUT2D eigenvalue weighted by Gasteiger charge is 2.06. The second kappa shape index (κ2) is 8.58. The van der Waals surface area contributed by atoms with Gasteiger partial charge in [0.15, 0.2) is 0 Å². The number of carbonyl (C=O) groups is 1. The first-order valence-corrected chi connectivity index (χ1v) is 8.39. The molecule has 2 aromatic rings. The third-order valence-electron chi connectivity index (χ3n) is 3.03. The van der Waals surface area contributed by atoms with Crippen LogP contribution in [0.4, 0.5) is 11.4 Å². The summed E-state index contributed by atoms with van der Waals surface area (Å²) in [6, 6.07) is 15.3. The standard InChI is InChI=1S/C18H21BrN2O2/c1-13(2)23-17-9-4-3-8-16(17)20-11-10-18(22)21-15-7-5-6-14(19)12-15/h3-9,12-13,20H,10-11H2,1-2H3,(H,21,22). The Morgan fingerprint density at radius 1 is 1.17 bits per heavy atom. The molecule has 0 saturated carbocycles. The summed E-state index contributed by atoms with van der Waals surface area (Å²) < 4.78 is 6.68. The van der Waals surface area contributed by atoms with Crippen molar-refractivity contribution in [2.45, 2.75) is 26.4 Å². The van der Waals surface area contributed by atoms with E-state index in [2.05, 4.69) is 26.6 Å². The molecule has 0 atom stereocenters. The second-order valence-corrected chi connectivity index (χ2v) is 6.31. The SMILES string of the molecule is CC(C)Oc1ccccc1NCCC(=O)Nc1cccc(Br)c1. The molecule has 2 rings (SSSR count). The van der Waals surface area contributed by atoms with E-state index >= 15 is 0 Å². The zero-order valence-corrected chi connectivity index (χ0v) is 14.9. The second-order valence-electron chi connectivity index (χ2n) is 5.40. The van der Waals surface area contributed by atoms with Gasteiger partial charge >= 0.3 is 0 Å². The van der Waals surface area contributed by atoms with E-state index in [-0.39, 0.29) is 12.0 Å². The van der Waals surface area contributed by atoms with Gasteiger partial charge in [-0.15, -0.1) is 0 Å². The van der Waals surface area contributed by atoms with Gasteiger partial charge in [0.1, 0.15) is 5.75 Å². The van der Waals surface area contributed by atoms with Gasteiger partial charge < -0.3 is 15.4 Å². The summed E-state index contributed by atoms with van der Waals surface area (Å²) in [5.41, 5.74) is 1.68. The summed E-state index contributed by atoms with van der Waals surface area (Å²) in [7, 11) is 0. The van der Waals surface area contributed by atoms with Crippen molar-refractivity contribution in [3.05, 3.63) is 53.0 Å². The minimum atomic E-state index is -0.0298. The number of anilines is 2. The fourth-order valence-corrected chi connectivity index (χ4v) is 2.47. The highest BCUT2D eigenvalue weighted by Crippen LogP contribution is 2.24. The van der Waals surface area contributed by atoms with Crippen molar-refractivity contribution in [2.75, 3.05) is 17.2 Å². The maximum absolute atomic E-state index is 12.0.